The fraction of sp³-hybridized carbons (Fsp3) is 0.263. The molecule has 0 amide bonds. The van der Waals surface area contributed by atoms with Crippen LogP contribution in [0.15, 0.2) is 53.5 Å². The summed E-state index contributed by atoms with van der Waals surface area (Å²) in [6.07, 6.45) is -4.80. The molecule has 2 aromatic rings. The molecule has 0 aliphatic carbocycles. The van der Waals surface area contributed by atoms with Crippen molar-refractivity contribution < 1.29 is 27.4 Å². The van der Waals surface area contributed by atoms with Gasteiger partial charge in [0.2, 0.25) is 0 Å². The van der Waals surface area contributed by atoms with Gasteiger partial charge < -0.3 is 14.8 Å². The van der Waals surface area contributed by atoms with Crippen molar-refractivity contribution in [2.45, 2.75) is 12.2 Å². The Morgan fingerprint density at radius 1 is 1.07 bits per heavy atom. The summed E-state index contributed by atoms with van der Waals surface area (Å²) in [7, 11) is 2.54. The zero-order valence-electron chi connectivity index (χ0n) is 14.6. The quantitative estimate of drug-likeness (QED) is 0.810. The molecule has 0 fully saturated rings. The molecule has 1 aliphatic heterocycles. The second-order valence-corrected chi connectivity index (χ2v) is 5.91. The lowest BCUT2D eigenvalue weighted by atomic mass is 9.88. The smallest absolute Gasteiger partial charge is 0.430 e. The largest absolute Gasteiger partial charge is 0.497 e. The number of methoxy groups -OCH3 is 2. The third-order valence-corrected chi connectivity index (χ3v) is 4.30. The van der Waals surface area contributed by atoms with E-state index in [4.69, 9.17) is 4.74 Å². The van der Waals surface area contributed by atoms with Gasteiger partial charge in [-0.1, -0.05) is 24.3 Å². The highest BCUT2D eigenvalue weighted by atomic mass is 19.4. The molecule has 1 aliphatic rings. The normalized spacial score (nSPS) is 19.2. The maximum absolute atomic E-state index is 13.8. The minimum absolute atomic E-state index is 0.106. The number of nitrogens with zero attached hydrogens (tertiary/aromatic N) is 1. The van der Waals surface area contributed by atoms with Gasteiger partial charge in [0, 0.05) is 0 Å². The molecule has 0 unspecified atom stereocenters. The van der Waals surface area contributed by atoms with Gasteiger partial charge >= 0.3 is 12.1 Å². The number of anilines is 1. The Kier molecular flexibility index (Phi) is 5.07. The third-order valence-electron chi connectivity index (χ3n) is 4.30. The highest BCUT2D eigenvalue weighted by Gasteiger charge is 2.49. The summed E-state index contributed by atoms with van der Waals surface area (Å²) >= 11 is 0. The SMILES string of the molecule is COC(=O)[C@H]1C(C(F)(F)F)=Nc2ccccc2N[C@H]1c1ccc(OC)cc1. The number of esters is 1. The van der Waals surface area contributed by atoms with Gasteiger partial charge in [-0.3, -0.25) is 4.79 Å². The van der Waals surface area contributed by atoms with Crippen LogP contribution < -0.4 is 10.1 Å². The molecule has 142 valence electrons. The molecule has 0 bridgehead atoms. The Bertz CT molecular complexity index is 863. The molecule has 0 saturated carbocycles. The topological polar surface area (TPSA) is 59.9 Å². The van der Waals surface area contributed by atoms with E-state index in [9.17, 15) is 18.0 Å². The zero-order valence-corrected chi connectivity index (χ0v) is 14.6. The molecule has 27 heavy (non-hydrogen) atoms. The number of nitrogens with one attached hydrogen (secondary N) is 1. The molecule has 5 nitrogen and oxygen atoms in total. The van der Waals surface area contributed by atoms with Gasteiger partial charge in [-0.2, -0.15) is 13.2 Å². The van der Waals surface area contributed by atoms with Gasteiger partial charge in [-0.05, 0) is 29.8 Å². The van der Waals surface area contributed by atoms with E-state index in [1.54, 1.807) is 42.5 Å². The molecule has 2 aromatic carbocycles. The van der Waals surface area contributed by atoms with Crippen LogP contribution in [0.25, 0.3) is 0 Å². The molecular formula is C19H17F3N2O3. The van der Waals surface area contributed by atoms with E-state index in [1.165, 1.54) is 13.2 Å². The Balaban J connectivity index is 2.19. The Morgan fingerprint density at radius 2 is 1.74 bits per heavy atom. The van der Waals surface area contributed by atoms with Crippen molar-refractivity contribution in [3.8, 4) is 5.75 Å². The fourth-order valence-corrected chi connectivity index (χ4v) is 3.00. The molecule has 0 saturated heterocycles. The summed E-state index contributed by atoms with van der Waals surface area (Å²) in [5.74, 6) is -2.14. The minimum atomic E-state index is -4.80. The average molecular weight is 378 g/mol. The van der Waals surface area contributed by atoms with Crippen LogP contribution in [-0.4, -0.2) is 32.1 Å². The lowest BCUT2D eigenvalue weighted by molar-refractivity contribution is -0.145. The van der Waals surface area contributed by atoms with Crippen LogP contribution in [0.1, 0.15) is 11.6 Å². The number of para-hydroxylation sites is 2. The van der Waals surface area contributed by atoms with Crippen molar-refractivity contribution in [3.63, 3.8) is 0 Å². The predicted molar refractivity (Wildman–Crippen MR) is 94.5 cm³/mol. The summed E-state index contributed by atoms with van der Waals surface area (Å²) in [6, 6.07) is 11.8. The monoisotopic (exact) mass is 378 g/mol. The molecule has 3 rings (SSSR count). The van der Waals surface area contributed by atoms with E-state index in [0.29, 0.717) is 17.0 Å². The number of ether oxygens (including phenoxy) is 2. The van der Waals surface area contributed by atoms with Crippen LogP contribution >= 0.6 is 0 Å². The number of rotatable bonds is 3. The van der Waals surface area contributed by atoms with Crippen LogP contribution in [0.5, 0.6) is 5.75 Å². The van der Waals surface area contributed by atoms with Crippen LogP contribution in [0, 0.1) is 5.92 Å². The fourth-order valence-electron chi connectivity index (χ4n) is 3.00. The summed E-state index contributed by atoms with van der Waals surface area (Å²) < 4.78 is 51.1. The third kappa shape index (κ3) is 3.74. The summed E-state index contributed by atoms with van der Waals surface area (Å²) in [5, 5.41) is 3.02. The number of aliphatic imine (C=N–C) groups is 1. The van der Waals surface area contributed by atoms with E-state index < -0.39 is 29.8 Å². The van der Waals surface area contributed by atoms with E-state index in [1.807, 2.05) is 0 Å². The number of carbonyl (C=O) groups is 1. The van der Waals surface area contributed by atoms with E-state index >= 15 is 0 Å². The standard InChI is InChI=1S/C19H17F3N2O3/c1-26-12-9-7-11(8-10-12)16-15(18(25)27-2)17(19(20,21)22)24-14-6-4-3-5-13(14)23-16/h3-10,15-16,23H,1-2H3/t15-,16+/m1/s1. The van der Waals surface area contributed by atoms with Crippen molar-refractivity contribution in [1.29, 1.82) is 0 Å². The predicted octanol–water partition coefficient (Wildman–Crippen LogP) is 4.29. The molecular weight excluding hydrogens is 361 g/mol. The van der Waals surface area contributed by atoms with E-state index in [0.717, 1.165) is 7.11 Å². The lowest BCUT2D eigenvalue weighted by Crippen LogP contribution is -2.41. The van der Waals surface area contributed by atoms with Crippen molar-refractivity contribution in [1.82, 2.24) is 0 Å². The summed E-state index contributed by atoms with van der Waals surface area (Å²) in [5.41, 5.74) is -0.228. The number of fused-ring (bicyclic) bond motifs is 1. The molecule has 2 atom stereocenters. The van der Waals surface area contributed by atoms with Crippen LogP contribution in [0.2, 0.25) is 0 Å². The number of hydrogen-bond acceptors (Lipinski definition) is 5. The van der Waals surface area contributed by atoms with Crippen LogP contribution in [-0.2, 0) is 9.53 Å². The van der Waals surface area contributed by atoms with E-state index in [2.05, 4.69) is 15.0 Å². The highest BCUT2D eigenvalue weighted by Crippen LogP contribution is 2.41. The summed E-state index contributed by atoms with van der Waals surface area (Å²) in [6.45, 7) is 0. The molecule has 0 radical (unpaired) electrons. The Labute approximate surface area is 153 Å². The second kappa shape index (κ2) is 7.30. The first-order valence-electron chi connectivity index (χ1n) is 8.08. The number of carbonyl (C=O) groups excluding carboxylic acids is 1. The number of halogens is 3. The van der Waals surface area contributed by atoms with Gasteiger partial charge in [0.1, 0.15) is 17.4 Å². The molecule has 0 aromatic heterocycles. The summed E-state index contributed by atoms with van der Waals surface area (Å²) in [4.78, 5) is 16.1. The van der Waals surface area contributed by atoms with Crippen molar-refractivity contribution in [3.05, 3.63) is 54.1 Å². The van der Waals surface area contributed by atoms with Gasteiger partial charge in [0.25, 0.3) is 0 Å². The number of hydrogen-bond donors (Lipinski definition) is 1. The van der Waals surface area contributed by atoms with Crippen LogP contribution in [0.4, 0.5) is 24.5 Å². The maximum Gasteiger partial charge on any atom is 0.430 e. The van der Waals surface area contributed by atoms with E-state index in [-0.39, 0.29) is 5.69 Å². The first-order chi connectivity index (χ1) is 12.8. The molecule has 8 heteroatoms. The maximum atomic E-state index is 13.8. The first kappa shape index (κ1) is 18.8. The molecule has 0 spiro atoms. The lowest BCUT2D eigenvalue weighted by Gasteiger charge is -2.27. The molecule has 1 N–H and O–H groups in total. The van der Waals surface area contributed by atoms with Gasteiger partial charge in [-0.25, -0.2) is 4.99 Å². The van der Waals surface area contributed by atoms with Gasteiger partial charge in [0.15, 0.2) is 0 Å². The van der Waals surface area contributed by atoms with Crippen LogP contribution in [0.3, 0.4) is 0 Å². The Hall–Kier alpha value is -3.03. The van der Waals surface area contributed by atoms with Crippen molar-refractivity contribution in [2.24, 2.45) is 10.9 Å². The zero-order chi connectivity index (χ0) is 19.6. The van der Waals surface area contributed by atoms with Crippen molar-refractivity contribution >= 4 is 23.1 Å². The number of alkyl halides is 3. The minimum Gasteiger partial charge on any atom is -0.497 e. The number of benzene rings is 2. The van der Waals surface area contributed by atoms with Gasteiger partial charge in [0.05, 0.1) is 31.6 Å². The van der Waals surface area contributed by atoms with Gasteiger partial charge in [-0.15, -0.1) is 0 Å². The van der Waals surface area contributed by atoms with Crippen molar-refractivity contribution in [2.75, 3.05) is 19.5 Å². The molecule has 1 heterocycles. The average Bonchev–Trinajstić information content (AvgIpc) is 2.84. The Morgan fingerprint density at radius 3 is 2.33 bits per heavy atom. The first-order valence-corrected chi connectivity index (χ1v) is 8.08. The highest BCUT2D eigenvalue weighted by molar-refractivity contribution is 6.08. The second-order valence-electron chi connectivity index (χ2n) is 5.91.